The predicted molar refractivity (Wildman–Crippen MR) is 68.0 cm³/mol. The third-order valence-corrected chi connectivity index (χ3v) is 2.77. The Morgan fingerprint density at radius 3 is 2.35 bits per heavy atom. The van der Waals surface area contributed by atoms with Crippen molar-refractivity contribution in [1.82, 2.24) is 0 Å². The third-order valence-electron chi connectivity index (χ3n) is 2.44. The van der Waals surface area contributed by atoms with Crippen LogP contribution in [0.4, 0.5) is 11.4 Å². The van der Waals surface area contributed by atoms with Crippen LogP contribution < -0.4 is 5.73 Å². The van der Waals surface area contributed by atoms with Gasteiger partial charge in [-0.1, -0.05) is 41.9 Å². The standard InChI is InChI=1S/C12H9ClN2O2/c13-10-6-2-1-4-8(10)9-5-3-7-11(12(9)14)15(16)17/h1-7H,14H2. The molecule has 0 aliphatic rings. The van der Waals surface area contributed by atoms with Gasteiger partial charge in [0.1, 0.15) is 5.69 Å². The first-order chi connectivity index (χ1) is 8.11. The second-order valence-electron chi connectivity index (χ2n) is 3.48. The molecule has 2 rings (SSSR count). The zero-order chi connectivity index (χ0) is 12.4. The molecular weight excluding hydrogens is 240 g/mol. The van der Waals surface area contributed by atoms with Crippen LogP contribution >= 0.6 is 11.6 Å². The first-order valence-corrected chi connectivity index (χ1v) is 5.27. The van der Waals surface area contributed by atoms with E-state index in [1.165, 1.54) is 6.07 Å². The lowest BCUT2D eigenvalue weighted by Crippen LogP contribution is -1.97. The minimum absolute atomic E-state index is 0.109. The topological polar surface area (TPSA) is 69.2 Å². The van der Waals surface area contributed by atoms with Crippen LogP contribution in [-0.4, -0.2) is 4.92 Å². The number of nitro groups is 1. The first kappa shape index (κ1) is 11.4. The van der Waals surface area contributed by atoms with Gasteiger partial charge in [-0.15, -0.1) is 0 Å². The zero-order valence-electron chi connectivity index (χ0n) is 8.76. The van der Waals surface area contributed by atoms with E-state index in [1.807, 2.05) is 0 Å². The lowest BCUT2D eigenvalue weighted by molar-refractivity contribution is -0.383. The minimum atomic E-state index is -0.504. The molecule has 0 unspecified atom stereocenters. The summed E-state index contributed by atoms with van der Waals surface area (Å²) in [5.41, 5.74) is 7.07. The molecule has 0 bridgehead atoms. The Morgan fingerprint density at radius 1 is 1.06 bits per heavy atom. The van der Waals surface area contributed by atoms with Crippen LogP contribution in [-0.2, 0) is 0 Å². The third kappa shape index (κ3) is 2.07. The maximum absolute atomic E-state index is 10.8. The molecule has 4 nitrogen and oxygen atoms in total. The summed E-state index contributed by atoms with van der Waals surface area (Å²) in [6.07, 6.45) is 0. The summed E-state index contributed by atoms with van der Waals surface area (Å²) < 4.78 is 0. The van der Waals surface area contributed by atoms with Crippen molar-refractivity contribution >= 4 is 23.0 Å². The number of nitrogens with two attached hydrogens (primary N) is 1. The molecule has 17 heavy (non-hydrogen) atoms. The van der Waals surface area contributed by atoms with Crippen LogP contribution in [0.3, 0.4) is 0 Å². The molecule has 0 radical (unpaired) electrons. The predicted octanol–water partition coefficient (Wildman–Crippen LogP) is 3.50. The molecule has 0 saturated carbocycles. The van der Waals surface area contributed by atoms with Crippen LogP contribution in [0, 0.1) is 10.1 Å². The highest BCUT2D eigenvalue weighted by Crippen LogP contribution is 2.36. The smallest absolute Gasteiger partial charge is 0.292 e. The summed E-state index contributed by atoms with van der Waals surface area (Å²) in [5.74, 6) is 0. The van der Waals surface area contributed by atoms with Crippen LogP contribution in [0.1, 0.15) is 0 Å². The largest absolute Gasteiger partial charge is 0.393 e. The number of benzene rings is 2. The Hall–Kier alpha value is -2.07. The van der Waals surface area contributed by atoms with Crippen molar-refractivity contribution in [3.63, 3.8) is 0 Å². The number of para-hydroxylation sites is 1. The molecular formula is C12H9ClN2O2. The van der Waals surface area contributed by atoms with Gasteiger partial charge in [0, 0.05) is 22.2 Å². The summed E-state index contributed by atoms with van der Waals surface area (Å²) >= 11 is 6.04. The van der Waals surface area contributed by atoms with Gasteiger partial charge in [0.2, 0.25) is 0 Å². The van der Waals surface area contributed by atoms with E-state index < -0.39 is 4.92 Å². The molecule has 0 amide bonds. The van der Waals surface area contributed by atoms with E-state index in [-0.39, 0.29) is 11.4 Å². The van der Waals surface area contributed by atoms with E-state index in [4.69, 9.17) is 17.3 Å². The van der Waals surface area contributed by atoms with Gasteiger partial charge in [-0.2, -0.15) is 0 Å². The highest BCUT2D eigenvalue weighted by molar-refractivity contribution is 6.33. The van der Waals surface area contributed by atoms with Gasteiger partial charge < -0.3 is 5.73 Å². The number of hydrogen-bond donors (Lipinski definition) is 1. The Bertz CT molecular complexity index is 584. The lowest BCUT2D eigenvalue weighted by Gasteiger charge is -2.07. The Morgan fingerprint density at radius 2 is 1.71 bits per heavy atom. The molecule has 2 aromatic rings. The second-order valence-corrected chi connectivity index (χ2v) is 3.88. The van der Waals surface area contributed by atoms with E-state index in [1.54, 1.807) is 36.4 Å². The fraction of sp³-hybridized carbons (Fsp3) is 0. The molecule has 0 aromatic heterocycles. The molecule has 0 fully saturated rings. The number of nitro benzene ring substituents is 1. The Labute approximate surface area is 103 Å². The van der Waals surface area contributed by atoms with Crippen molar-refractivity contribution in [2.45, 2.75) is 0 Å². The number of hydrogen-bond acceptors (Lipinski definition) is 3. The van der Waals surface area contributed by atoms with Crippen LogP contribution in [0.2, 0.25) is 5.02 Å². The molecule has 0 heterocycles. The minimum Gasteiger partial charge on any atom is -0.393 e. The monoisotopic (exact) mass is 248 g/mol. The molecule has 0 aliphatic heterocycles. The molecule has 0 spiro atoms. The van der Waals surface area contributed by atoms with Crippen molar-refractivity contribution in [2.75, 3.05) is 5.73 Å². The molecule has 2 aromatic carbocycles. The van der Waals surface area contributed by atoms with Crippen LogP contribution in [0.25, 0.3) is 11.1 Å². The highest BCUT2D eigenvalue weighted by Gasteiger charge is 2.16. The highest BCUT2D eigenvalue weighted by atomic mass is 35.5. The number of halogens is 1. The van der Waals surface area contributed by atoms with E-state index in [0.717, 1.165) is 0 Å². The van der Waals surface area contributed by atoms with Crippen molar-refractivity contribution in [2.24, 2.45) is 0 Å². The van der Waals surface area contributed by atoms with Crippen molar-refractivity contribution in [3.8, 4) is 11.1 Å². The van der Waals surface area contributed by atoms with Gasteiger partial charge in [-0.05, 0) is 6.07 Å². The fourth-order valence-electron chi connectivity index (χ4n) is 1.63. The van der Waals surface area contributed by atoms with Crippen molar-refractivity contribution < 1.29 is 4.92 Å². The van der Waals surface area contributed by atoms with Crippen molar-refractivity contribution in [3.05, 3.63) is 57.6 Å². The maximum Gasteiger partial charge on any atom is 0.292 e. The average molecular weight is 249 g/mol. The van der Waals surface area contributed by atoms with E-state index in [9.17, 15) is 10.1 Å². The number of nitrogens with zero attached hydrogens (tertiary/aromatic N) is 1. The fourth-order valence-corrected chi connectivity index (χ4v) is 1.86. The average Bonchev–Trinajstić information content (AvgIpc) is 2.30. The Balaban J connectivity index is 2.65. The molecule has 0 atom stereocenters. The quantitative estimate of drug-likeness (QED) is 0.502. The van der Waals surface area contributed by atoms with E-state index in [2.05, 4.69) is 0 Å². The van der Waals surface area contributed by atoms with Crippen LogP contribution in [0.5, 0.6) is 0 Å². The van der Waals surface area contributed by atoms with Gasteiger partial charge in [-0.3, -0.25) is 10.1 Å². The van der Waals surface area contributed by atoms with E-state index >= 15 is 0 Å². The number of rotatable bonds is 2. The summed E-state index contributed by atoms with van der Waals surface area (Å²) in [6.45, 7) is 0. The van der Waals surface area contributed by atoms with Gasteiger partial charge in [-0.25, -0.2) is 0 Å². The van der Waals surface area contributed by atoms with Gasteiger partial charge in [0.25, 0.3) is 5.69 Å². The van der Waals surface area contributed by atoms with Gasteiger partial charge in [0.05, 0.1) is 4.92 Å². The zero-order valence-corrected chi connectivity index (χ0v) is 9.52. The van der Waals surface area contributed by atoms with Gasteiger partial charge in [0.15, 0.2) is 0 Å². The number of nitrogen functional groups attached to an aromatic ring is 1. The van der Waals surface area contributed by atoms with Crippen molar-refractivity contribution in [1.29, 1.82) is 0 Å². The Kier molecular flexibility index (Phi) is 2.97. The summed E-state index contributed by atoms with van der Waals surface area (Å²) in [5, 5.41) is 11.3. The molecule has 2 N–H and O–H groups in total. The van der Waals surface area contributed by atoms with E-state index in [0.29, 0.717) is 16.1 Å². The molecule has 0 aliphatic carbocycles. The first-order valence-electron chi connectivity index (χ1n) is 4.89. The SMILES string of the molecule is Nc1c(-c2ccccc2Cl)cccc1[N+](=O)[O-]. The maximum atomic E-state index is 10.8. The van der Waals surface area contributed by atoms with Crippen LogP contribution in [0.15, 0.2) is 42.5 Å². The number of anilines is 1. The van der Waals surface area contributed by atoms with Gasteiger partial charge >= 0.3 is 0 Å². The summed E-state index contributed by atoms with van der Waals surface area (Å²) in [4.78, 5) is 10.3. The lowest BCUT2D eigenvalue weighted by atomic mass is 10.0. The normalized spacial score (nSPS) is 10.2. The summed E-state index contributed by atoms with van der Waals surface area (Å²) in [7, 11) is 0. The molecule has 5 heteroatoms. The molecule has 86 valence electrons. The molecule has 0 saturated heterocycles. The second kappa shape index (κ2) is 4.43. The summed E-state index contributed by atoms with van der Waals surface area (Å²) in [6, 6.07) is 11.8.